The summed E-state index contributed by atoms with van der Waals surface area (Å²) in [6.45, 7) is 4.53. The molecule has 3 nitrogen and oxygen atoms in total. The van der Waals surface area contributed by atoms with Crippen molar-refractivity contribution in [3.8, 4) is 5.75 Å². The normalized spacial score (nSPS) is 21.2. The lowest BCUT2D eigenvalue weighted by Gasteiger charge is -2.39. The Kier molecular flexibility index (Phi) is 4.72. The van der Waals surface area contributed by atoms with Gasteiger partial charge in [-0.15, -0.1) is 0 Å². The summed E-state index contributed by atoms with van der Waals surface area (Å²) in [6.07, 6.45) is 5.52. The molecular formula is C21H28N2O. The topological polar surface area (TPSA) is 24.5 Å². The Morgan fingerprint density at radius 1 is 1.00 bits per heavy atom. The van der Waals surface area contributed by atoms with Crippen LogP contribution in [0.25, 0.3) is 10.8 Å². The highest BCUT2D eigenvalue weighted by molar-refractivity contribution is 5.91. The molecule has 128 valence electrons. The van der Waals surface area contributed by atoms with Gasteiger partial charge in [-0.05, 0) is 35.8 Å². The lowest BCUT2D eigenvalue weighted by Crippen LogP contribution is -2.46. The number of rotatable bonds is 4. The summed E-state index contributed by atoms with van der Waals surface area (Å²) in [4.78, 5) is 2.72. The molecule has 4 rings (SSSR count). The van der Waals surface area contributed by atoms with Gasteiger partial charge < -0.3 is 10.1 Å². The Morgan fingerprint density at radius 3 is 2.42 bits per heavy atom. The number of nitrogens with one attached hydrogen (secondary N) is 1. The SMILES string of the molecule is COc1ccc([C@@H](C2CCCC2)N2CCNCC2)c2ccccc12. The van der Waals surface area contributed by atoms with Gasteiger partial charge in [0.05, 0.1) is 7.11 Å². The summed E-state index contributed by atoms with van der Waals surface area (Å²) in [6, 6.07) is 13.8. The second-order valence-corrected chi connectivity index (χ2v) is 7.18. The zero-order chi connectivity index (χ0) is 16.4. The van der Waals surface area contributed by atoms with Crippen molar-refractivity contribution in [3.05, 3.63) is 42.0 Å². The summed E-state index contributed by atoms with van der Waals surface area (Å²) in [5.74, 6) is 1.78. The van der Waals surface area contributed by atoms with E-state index in [0.29, 0.717) is 6.04 Å². The molecule has 1 aliphatic heterocycles. The van der Waals surface area contributed by atoms with E-state index < -0.39 is 0 Å². The van der Waals surface area contributed by atoms with Crippen LogP contribution in [-0.2, 0) is 0 Å². The minimum atomic E-state index is 0.547. The lowest BCUT2D eigenvalue weighted by molar-refractivity contribution is 0.126. The molecule has 0 spiro atoms. The first-order chi connectivity index (χ1) is 11.9. The first-order valence-electron chi connectivity index (χ1n) is 9.39. The number of piperazine rings is 1. The summed E-state index contributed by atoms with van der Waals surface area (Å²) >= 11 is 0. The van der Waals surface area contributed by atoms with Crippen LogP contribution in [0.1, 0.15) is 37.3 Å². The molecule has 2 aliphatic rings. The first kappa shape index (κ1) is 15.9. The van der Waals surface area contributed by atoms with Crippen LogP contribution in [-0.4, -0.2) is 38.2 Å². The molecule has 0 unspecified atom stereocenters. The largest absolute Gasteiger partial charge is 0.496 e. The molecule has 2 aromatic carbocycles. The van der Waals surface area contributed by atoms with Crippen LogP contribution in [0.3, 0.4) is 0 Å². The number of nitrogens with zero attached hydrogens (tertiary/aromatic N) is 1. The fourth-order valence-electron chi connectivity index (χ4n) is 4.71. The Morgan fingerprint density at radius 2 is 1.71 bits per heavy atom. The second kappa shape index (κ2) is 7.12. The smallest absolute Gasteiger partial charge is 0.126 e. The predicted octanol–water partition coefficient (Wildman–Crippen LogP) is 3.98. The highest BCUT2D eigenvalue weighted by Crippen LogP contribution is 2.43. The molecule has 24 heavy (non-hydrogen) atoms. The standard InChI is InChI=1S/C21H28N2O/c1-24-20-11-10-19(17-8-4-5-9-18(17)20)21(16-6-2-3-7-16)23-14-12-22-13-15-23/h4-5,8-11,16,21-22H,2-3,6-7,12-15H2,1H3/t21-/m1/s1. The van der Waals surface area contributed by atoms with Gasteiger partial charge in [0.15, 0.2) is 0 Å². The van der Waals surface area contributed by atoms with Gasteiger partial charge in [-0.2, -0.15) is 0 Å². The van der Waals surface area contributed by atoms with Gasteiger partial charge in [0.2, 0.25) is 0 Å². The van der Waals surface area contributed by atoms with Gasteiger partial charge >= 0.3 is 0 Å². The number of hydrogen-bond acceptors (Lipinski definition) is 3. The van der Waals surface area contributed by atoms with Crippen LogP contribution >= 0.6 is 0 Å². The van der Waals surface area contributed by atoms with Gasteiger partial charge in [-0.1, -0.05) is 43.2 Å². The fraction of sp³-hybridized carbons (Fsp3) is 0.524. The van der Waals surface area contributed by atoms with Crippen LogP contribution in [0.4, 0.5) is 0 Å². The number of benzene rings is 2. The van der Waals surface area contributed by atoms with Crippen molar-refractivity contribution in [1.29, 1.82) is 0 Å². The van der Waals surface area contributed by atoms with E-state index in [9.17, 15) is 0 Å². The molecule has 0 bridgehead atoms. The van der Waals surface area contributed by atoms with Gasteiger partial charge in [0, 0.05) is 37.6 Å². The first-order valence-corrected chi connectivity index (χ1v) is 9.39. The average molecular weight is 324 g/mol. The molecule has 1 saturated heterocycles. The number of hydrogen-bond donors (Lipinski definition) is 1. The van der Waals surface area contributed by atoms with Crippen molar-refractivity contribution >= 4 is 10.8 Å². The van der Waals surface area contributed by atoms with Gasteiger partial charge in [-0.3, -0.25) is 4.90 Å². The van der Waals surface area contributed by atoms with Gasteiger partial charge in [0.25, 0.3) is 0 Å². The van der Waals surface area contributed by atoms with E-state index in [1.54, 1.807) is 7.11 Å². The molecule has 1 atom stereocenters. The summed E-state index contributed by atoms with van der Waals surface area (Å²) in [7, 11) is 1.77. The molecule has 2 fully saturated rings. The molecule has 1 N–H and O–H groups in total. The van der Waals surface area contributed by atoms with E-state index in [4.69, 9.17) is 4.74 Å². The highest BCUT2D eigenvalue weighted by atomic mass is 16.5. The molecule has 2 aromatic rings. The summed E-state index contributed by atoms with van der Waals surface area (Å²) in [5.41, 5.74) is 1.50. The molecule has 3 heteroatoms. The third-order valence-corrected chi connectivity index (χ3v) is 5.85. The molecule has 0 radical (unpaired) electrons. The number of ether oxygens (including phenoxy) is 1. The lowest BCUT2D eigenvalue weighted by atomic mass is 9.86. The minimum absolute atomic E-state index is 0.547. The molecule has 1 aliphatic carbocycles. The van der Waals surface area contributed by atoms with Gasteiger partial charge in [0.1, 0.15) is 5.75 Å². The van der Waals surface area contributed by atoms with E-state index in [-0.39, 0.29) is 0 Å². The summed E-state index contributed by atoms with van der Waals surface area (Å²) < 4.78 is 5.61. The Bertz CT molecular complexity index is 687. The Labute approximate surface area is 145 Å². The van der Waals surface area contributed by atoms with E-state index >= 15 is 0 Å². The van der Waals surface area contributed by atoms with Crippen molar-refractivity contribution in [2.75, 3.05) is 33.3 Å². The molecule has 0 aromatic heterocycles. The maximum absolute atomic E-state index is 5.61. The van der Waals surface area contributed by atoms with Crippen molar-refractivity contribution in [2.45, 2.75) is 31.7 Å². The number of fused-ring (bicyclic) bond motifs is 1. The quantitative estimate of drug-likeness (QED) is 0.920. The van der Waals surface area contributed by atoms with E-state index in [2.05, 4.69) is 46.6 Å². The van der Waals surface area contributed by atoms with Crippen LogP contribution in [0, 0.1) is 5.92 Å². The van der Waals surface area contributed by atoms with Crippen molar-refractivity contribution in [1.82, 2.24) is 10.2 Å². The van der Waals surface area contributed by atoms with E-state index in [1.165, 1.54) is 42.0 Å². The zero-order valence-electron chi connectivity index (χ0n) is 14.6. The molecular weight excluding hydrogens is 296 g/mol. The average Bonchev–Trinajstić information content (AvgIpc) is 3.17. The van der Waals surface area contributed by atoms with Crippen LogP contribution in [0.2, 0.25) is 0 Å². The monoisotopic (exact) mass is 324 g/mol. The summed E-state index contributed by atoms with van der Waals surface area (Å²) in [5, 5.41) is 6.12. The maximum atomic E-state index is 5.61. The minimum Gasteiger partial charge on any atom is -0.496 e. The highest BCUT2D eigenvalue weighted by Gasteiger charge is 2.33. The molecule has 1 heterocycles. The van der Waals surface area contributed by atoms with Crippen LogP contribution in [0.5, 0.6) is 5.75 Å². The second-order valence-electron chi connectivity index (χ2n) is 7.18. The number of methoxy groups -OCH3 is 1. The Hall–Kier alpha value is -1.58. The van der Waals surface area contributed by atoms with Crippen molar-refractivity contribution in [3.63, 3.8) is 0 Å². The van der Waals surface area contributed by atoms with Gasteiger partial charge in [-0.25, -0.2) is 0 Å². The maximum Gasteiger partial charge on any atom is 0.126 e. The van der Waals surface area contributed by atoms with E-state index in [0.717, 1.165) is 37.8 Å². The van der Waals surface area contributed by atoms with Crippen molar-refractivity contribution < 1.29 is 4.74 Å². The Balaban J connectivity index is 1.81. The predicted molar refractivity (Wildman–Crippen MR) is 99.6 cm³/mol. The van der Waals surface area contributed by atoms with Crippen LogP contribution < -0.4 is 10.1 Å². The third-order valence-electron chi connectivity index (χ3n) is 5.85. The zero-order valence-corrected chi connectivity index (χ0v) is 14.6. The fourth-order valence-corrected chi connectivity index (χ4v) is 4.71. The molecule has 1 saturated carbocycles. The molecule has 0 amide bonds. The van der Waals surface area contributed by atoms with Crippen molar-refractivity contribution in [2.24, 2.45) is 5.92 Å². The van der Waals surface area contributed by atoms with E-state index in [1.807, 2.05) is 0 Å². The third kappa shape index (κ3) is 2.91. The van der Waals surface area contributed by atoms with Crippen LogP contribution in [0.15, 0.2) is 36.4 Å².